The van der Waals surface area contributed by atoms with E-state index in [2.05, 4.69) is 75.6 Å². The summed E-state index contributed by atoms with van der Waals surface area (Å²) in [6.45, 7) is 26.0. The van der Waals surface area contributed by atoms with Crippen molar-refractivity contribution >= 4 is 51.3 Å². The molecular formula is C43H54Cl2N2O4RuS. The van der Waals surface area contributed by atoms with Crippen LogP contribution in [0.5, 0.6) is 11.5 Å². The molecule has 1 saturated heterocycles. The Hall–Kier alpha value is -3.16. The molecule has 0 unspecified atom stereocenters. The molecule has 0 amide bonds. The van der Waals surface area contributed by atoms with Crippen LogP contribution in [0.3, 0.4) is 0 Å². The summed E-state index contributed by atoms with van der Waals surface area (Å²) in [4.78, 5) is 5.39. The van der Waals surface area contributed by atoms with Gasteiger partial charge < -0.3 is 9.80 Å². The first-order valence-electron chi connectivity index (χ1n) is 17.9. The van der Waals surface area contributed by atoms with E-state index in [4.69, 9.17) is 28.9 Å². The van der Waals surface area contributed by atoms with Crippen LogP contribution in [0.15, 0.2) is 76.5 Å². The number of anilines is 2. The van der Waals surface area contributed by atoms with Crippen LogP contribution in [-0.4, -0.2) is 45.0 Å². The normalized spacial score (nSPS) is 13.5. The van der Waals surface area contributed by atoms with Crippen molar-refractivity contribution in [3.8, 4) is 11.5 Å². The minimum Gasteiger partial charge on any atom is -0.352 e. The number of aryl methyl sites for hydroxylation is 6. The van der Waals surface area contributed by atoms with Crippen molar-refractivity contribution in [1.82, 2.24) is 0 Å². The third-order valence-corrected chi connectivity index (χ3v) is 12.3. The van der Waals surface area contributed by atoms with Crippen molar-refractivity contribution in [3.05, 3.63) is 111 Å². The molecule has 5 rings (SSSR count). The molecule has 0 bridgehead atoms. The standard InChI is InChI=1S/C22H26O4S.C21H28N2.2ClH.Ru/c1-7-8-18-14-20(10-12-22(18)26-16(4)5)27(23,24)19-9-11-21(17(6)13-19)25-15(2)3;1-14-9-16(3)20(17(4)10-14)22-7-8-23(13-22)21-18(5)11-15(2)12-19(21)6;;;/h6-16H,1-5H3;9-12H,7-8,13H2,1-6H3;2*1H;/q;;;;+2/p-2/b8-7+;;;;. The summed E-state index contributed by atoms with van der Waals surface area (Å²) in [5.74, 6) is 1.19. The van der Waals surface area contributed by atoms with Gasteiger partial charge in [0.1, 0.15) is 0 Å². The topological polar surface area (TPSA) is 59.1 Å². The van der Waals surface area contributed by atoms with Crippen molar-refractivity contribution < 1.29 is 31.4 Å². The monoisotopic (exact) mass is 866 g/mol. The average Bonchev–Trinajstić information content (AvgIpc) is 3.50. The number of sulfone groups is 1. The van der Waals surface area contributed by atoms with Gasteiger partial charge in [-0.1, -0.05) is 35.4 Å². The summed E-state index contributed by atoms with van der Waals surface area (Å²) < 4.78 is 39.9. The molecule has 0 N–H and O–H groups in total. The maximum atomic E-state index is 13.3. The van der Waals surface area contributed by atoms with E-state index >= 15 is 0 Å². The van der Waals surface area contributed by atoms with E-state index in [1.165, 1.54) is 50.8 Å². The SMILES string of the molecule is C/C=C/c1cc(S(=O)(=O)c2ccc(OC(C)C)c([CH]=[Ru]([Cl])[Cl])c2)ccc1OC(C)C.Cc1cc(C)c(N2CCN(c3c(C)cc(C)cc3C)C2)c(C)c1. The van der Waals surface area contributed by atoms with E-state index in [1.54, 1.807) is 34.9 Å². The quantitative estimate of drug-likeness (QED) is 0.148. The van der Waals surface area contributed by atoms with Crippen LogP contribution in [0, 0.1) is 41.5 Å². The Morgan fingerprint density at radius 1 is 0.660 bits per heavy atom. The van der Waals surface area contributed by atoms with Gasteiger partial charge in [0.15, 0.2) is 0 Å². The Bertz CT molecular complexity index is 2000. The summed E-state index contributed by atoms with van der Waals surface area (Å²) >= 11 is -2.18. The second-order valence-corrected chi connectivity index (χ2v) is 21.9. The van der Waals surface area contributed by atoms with Crippen LogP contribution in [0.1, 0.15) is 79.1 Å². The van der Waals surface area contributed by atoms with E-state index in [0.29, 0.717) is 22.6 Å². The van der Waals surface area contributed by atoms with Crippen LogP contribution >= 0.6 is 19.4 Å². The van der Waals surface area contributed by atoms with Crippen molar-refractivity contribution in [2.24, 2.45) is 0 Å². The molecule has 10 heteroatoms. The van der Waals surface area contributed by atoms with Gasteiger partial charge in [-0.05, 0) is 63.8 Å². The van der Waals surface area contributed by atoms with Gasteiger partial charge in [0.05, 0.1) is 6.67 Å². The van der Waals surface area contributed by atoms with Crippen LogP contribution in [-0.2, 0) is 23.4 Å². The smallest absolute Gasteiger partial charge is 0.352 e. The third-order valence-electron chi connectivity index (χ3n) is 8.73. The van der Waals surface area contributed by atoms with E-state index in [0.717, 1.165) is 19.8 Å². The molecule has 4 aromatic rings. The molecular weight excluding hydrogens is 813 g/mol. The molecule has 0 radical (unpaired) electrons. The predicted molar refractivity (Wildman–Crippen MR) is 222 cm³/mol. The molecule has 1 aliphatic rings. The number of rotatable bonds is 10. The number of hydrogen-bond acceptors (Lipinski definition) is 6. The Kier molecular flexibility index (Phi) is 14.8. The maximum absolute atomic E-state index is 13.3. The number of ether oxygens (including phenoxy) is 2. The van der Waals surface area contributed by atoms with E-state index < -0.39 is 23.4 Å². The predicted octanol–water partition coefficient (Wildman–Crippen LogP) is 11.0. The van der Waals surface area contributed by atoms with Crippen LogP contribution < -0.4 is 19.3 Å². The number of halogens is 2. The molecule has 288 valence electrons. The fourth-order valence-electron chi connectivity index (χ4n) is 7.02. The van der Waals surface area contributed by atoms with Gasteiger partial charge in [0.25, 0.3) is 0 Å². The molecule has 0 spiro atoms. The zero-order valence-electron chi connectivity index (χ0n) is 32.8. The summed E-state index contributed by atoms with van der Waals surface area (Å²) in [6.07, 6.45) is 3.58. The van der Waals surface area contributed by atoms with E-state index in [9.17, 15) is 8.42 Å². The molecule has 0 atom stereocenters. The number of hydrogen-bond donors (Lipinski definition) is 0. The fraction of sp³-hybridized carbons (Fsp3) is 0.372. The van der Waals surface area contributed by atoms with Crippen LogP contribution in [0.2, 0.25) is 0 Å². The van der Waals surface area contributed by atoms with Crippen molar-refractivity contribution in [2.75, 3.05) is 29.6 Å². The zero-order valence-corrected chi connectivity index (χ0v) is 36.9. The molecule has 1 heterocycles. The molecule has 0 saturated carbocycles. The van der Waals surface area contributed by atoms with Gasteiger partial charge in [0, 0.05) is 24.5 Å². The molecule has 4 aromatic carbocycles. The Morgan fingerprint density at radius 2 is 1.06 bits per heavy atom. The van der Waals surface area contributed by atoms with Gasteiger partial charge in [0.2, 0.25) is 0 Å². The number of nitrogens with zero attached hydrogens (tertiary/aromatic N) is 2. The second-order valence-electron chi connectivity index (χ2n) is 14.2. The van der Waals surface area contributed by atoms with E-state index in [-0.39, 0.29) is 22.0 Å². The van der Waals surface area contributed by atoms with Crippen molar-refractivity contribution in [1.29, 1.82) is 0 Å². The second kappa shape index (κ2) is 18.5. The average molecular weight is 867 g/mol. The Balaban J connectivity index is 0.000000244. The molecule has 0 aromatic heterocycles. The first kappa shape index (κ1) is 42.6. The van der Waals surface area contributed by atoms with E-state index in [1.807, 2.05) is 46.8 Å². The fourth-order valence-corrected chi connectivity index (χ4v) is 10.1. The molecule has 6 nitrogen and oxygen atoms in total. The van der Waals surface area contributed by atoms with Crippen molar-refractivity contribution in [3.63, 3.8) is 0 Å². The first-order valence-corrected chi connectivity index (χ1v) is 24.9. The summed E-state index contributed by atoms with van der Waals surface area (Å²) in [5.41, 5.74) is 12.4. The van der Waals surface area contributed by atoms with Gasteiger partial charge >= 0.3 is 193 Å². The van der Waals surface area contributed by atoms with Gasteiger partial charge in [-0.3, -0.25) is 0 Å². The van der Waals surface area contributed by atoms with Gasteiger partial charge in [-0.15, -0.1) is 0 Å². The van der Waals surface area contributed by atoms with Crippen LogP contribution in [0.25, 0.3) is 6.08 Å². The Morgan fingerprint density at radius 3 is 1.43 bits per heavy atom. The molecule has 1 fully saturated rings. The number of benzene rings is 4. The summed E-state index contributed by atoms with van der Waals surface area (Å²) in [5, 5.41) is 0. The van der Waals surface area contributed by atoms with Gasteiger partial charge in [-0.2, -0.15) is 0 Å². The summed E-state index contributed by atoms with van der Waals surface area (Å²) in [7, 11) is 8.33. The van der Waals surface area contributed by atoms with Crippen LogP contribution in [0.4, 0.5) is 11.4 Å². The molecule has 0 aliphatic carbocycles. The van der Waals surface area contributed by atoms with Crippen molar-refractivity contribution in [2.45, 2.75) is 98.2 Å². The molecule has 53 heavy (non-hydrogen) atoms. The molecule has 1 aliphatic heterocycles. The minimum atomic E-state index is -3.76. The minimum absolute atomic E-state index is 0.0218. The first-order chi connectivity index (χ1) is 24.9. The zero-order chi connectivity index (χ0) is 39.2. The Labute approximate surface area is 331 Å². The summed E-state index contributed by atoms with van der Waals surface area (Å²) in [6, 6.07) is 18.8. The third kappa shape index (κ3) is 11.0. The number of allylic oxidation sites excluding steroid dienone is 1. The van der Waals surface area contributed by atoms with Gasteiger partial charge in [-0.25, -0.2) is 0 Å².